The normalized spacial score (nSPS) is 9.69. The van der Waals surface area contributed by atoms with Gasteiger partial charge in [0.15, 0.2) is 12.1 Å². The maximum Gasteiger partial charge on any atom is 0.163 e. The molecule has 0 spiro atoms. The fraction of sp³-hybridized carbons (Fsp3) is 0.111. The van der Waals surface area contributed by atoms with E-state index >= 15 is 0 Å². The van der Waals surface area contributed by atoms with Crippen molar-refractivity contribution in [1.29, 1.82) is 0 Å². The van der Waals surface area contributed by atoms with Gasteiger partial charge in [0.1, 0.15) is 5.75 Å². The Kier molecular flexibility index (Phi) is 2.83. The zero-order chi connectivity index (χ0) is 10.0. The van der Waals surface area contributed by atoms with E-state index in [0.717, 1.165) is 0 Å². The summed E-state index contributed by atoms with van der Waals surface area (Å²) in [4.78, 5) is 21.5. The Morgan fingerprint density at radius 2 is 2.15 bits per heavy atom. The first-order valence-electron chi connectivity index (χ1n) is 3.55. The molecule has 1 N–H and O–H groups in total. The molecule has 0 heterocycles. The van der Waals surface area contributed by atoms with Crippen molar-refractivity contribution in [2.75, 3.05) is 0 Å². The third-order valence-corrected chi connectivity index (χ3v) is 2.35. The summed E-state index contributed by atoms with van der Waals surface area (Å²) in [7, 11) is 0. The van der Waals surface area contributed by atoms with Crippen LogP contribution < -0.4 is 0 Å². The molecule has 1 aromatic carbocycles. The van der Waals surface area contributed by atoms with Crippen molar-refractivity contribution in [2.45, 2.75) is 6.92 Å². The topological polar surface area (TPSA) is 54.4 Å². The van der Waals surface area contributed by atoms with Crippen molar-refractivity contribution in [2.24, 2.45) is 0 Å². The van der Waals surface area contributed by atoms with Crippen molar-refractivity contribution in [1.82, 2.24) is 0 Å². The smallest absolute Gasteiger partial charge is 0.163 e. The second-order valence-corrected chi connectivity index (χ2v) is 3.39. The van der Waals surface area contributed by atoms with Crippen molar-refractivity contribution in [3.63, 3.8) is 0 Å². The summed E-state index contributed by atoms with van der Waals surface area (Å²) in [5.74, 6) is -0.537. The van der Waals surface area contributed by atoms with Gasteiger partial charge in [-0.2, -0.15) is 0 Å². The van der Waals surface area contributed by atoms with Gasteiger partial charge in [0.05, 0.1) is 11.1 Å². The number of ketones is 1. The van der Waals surface area contributed by atoms with Gasteiger partial charge in [0, 0.05) is 4.47 Å². The summed E-state index contributed by atoms with van der Waals surface area (Å²) in [5, 5.41) is 9.46. The molecule has 0 aliphatic heterocycles. The van der Waals surface area contributed by atoms with E-state index in [-0.39, 0.29) is 22.7 Å². The molecule has 13 heavy (non-hydrogen) atoms. The Bertz CT molecular complexity index is 371. The maximum atomic E-state index is 11.0. The van der Waals surface area contributed by atoms with E-state index in [9.17, 15) is 14.7 Å². The molecule has 0 fully saturated rings. The zero-order valence-electron chi connectivity index (χ0n) is 6.87. The molecule has 0 aliphatic carbocycles. The van der Waals surface area contributed by atoms with Crippen molar-refractivity contribution in [3.8, 4) is 5.75 Å². The minimum atomic E-state index is -0.270. The molecule has 68 valence electrons. The number of aromatic hydroxyl groups is 1. The Labute approximate surface area is 83.5 Å². The van der Waals surface area contributed by atoms with Gasteiger partial charge in [-0.1, -0.05) is 0 Å². The standard InChI is InChI=1S/C9H7BrO3/c1-5(12)6-2-3-8(10)7(4-11)9(6)13/h2-4,13H,1H3. The number of hydrogen-bond donors (Lipinski definition) is 1. The number of phenols is 1. The van der Waals surface area contributed by atoms with Gasteiger partial charge in [-0.25, -0.2) is 0 Å². The minimum Gasteiger partial charge on any atom is -0.506 e. The number of Topliss-reactive ketones (excluding diaryl/α,β-unsaturated/α-hetero) is 1. The summed E-state index contributed by atoms with van der Waals surface area (Å²) in [6.07, 6.45) is 0.506. The molecule has 3 nitrogen and oxygen atoms in total. The quantitative estimate of drug-likeness (QED) is 0.639. The highest BCUT2D eigenvalue weighted by molar-refractivity contribution is 9.10. The second-order valence-electron chi connectivity index (χ2n) is 2.53. The lowest BCUT2D eigenvalue weighted by atomic mass is 10.1. The van der Waals surface area contributed by atoms with Crippen LogP contribution in [0.15, 0.2) is 16.6 Å². The largest absolute Gasteiger partial charge is 0.506 e. The van der Waals surface area contributed by atoms with Crippen LogP contribution in [0.4, 0.5) is 0 Å². The molecule has 4 heteroatoms. The molecular weight excluding hydrogens is 236 g/mol. The Morgan fingerprint density at radius 1 is 1.54 bits per heavy atom. The molecular formula is C9H7BrO3. The number of aldehydes is 1. The number of carbonyl (C=O) groups is 2. The SMILES string of the molecule is CC(=O)c1ccc(Br)c(C=O)c1O. The lowest BCUT2D eigenvalue weighted by molar-refractivity contribution is 0.101. The molecule has 0 amide bonds. The summed E-state index contributed by atoms with van der Waals surface area (Å²) in [6.45, 7) is 1.33. The predicted octanol–water partition coefficient (Wildman–Crippen LogP) is 2.17. The molecule has 0 saturated heterocycles. The number of benzene rings is 1. The van der Waals surface area contributed by atoms with E-state index in [1.807, 2.05) is 0 Å². The summed E-state index contributed by atoms with van der Waals surface area (Å²) >= 11 is 3.09. The third kappa shape index (κ3) is 1.78. The zero-order valence-corrected chi connectivity index (χ0v) is 8.46. The first kappa shape index (κ1) is 9.92. The molecule has 0 saturated carbocycles. The highest BCUT2D eigenvalue weighted by Gasteiger charge is 2.12. The van der Waals surface area contributed by atoms with Crippen LogP contribution in [0.5, 0.6) is 5.75 Å². The number of halogens is 1. The van der Waals surface area contributed by atoms with Crippen LogP contribution in [-0.2, 0) is 0 Å². The van der Waals surface area contributed by atoms with E-state index in [1.54, 1.807) is 6.07 Å². The van der Waals surface area contributed by atoms with Gasteiger partial charge < -0.3 is 5.11 Å². The van der Waals surface area contributed by atoms with Crippen LogP contribution in [0.25, 0.3) is 0 Å². The highest BCUT2D eigenvalue weighted by atomic mass is 79.9. The monoisotopic (exact) mass is 242 g/mol. The Hall–Kier alpha value is -1.16. The van der Waals surface area contributed by atoms with E-state index in [0.29, 0.717) is 10.8 Å². The number of rotatable bonds is 2. The molecule has 0 unspecified atom stereocenters. The van der Waals surface area contributed by atoms with Crippen molar-refractivity contribution >= 4 is 28.0 Å². The van der Waals surface area contributed by atoms with Crippen LogP contribution in [0.3, 0.4) is 0 Å². The molecule has 0 aliphatic rings. The van der Waals surface area contributed by atoms with Crippen LogP contribution >= 0.6 is 15.9 Å². The van der Waals surface area contributed by atoms with Crippen molar-refractivity contribution < 1.29 is 14.7 Å². The van der Waals surface area contributed by atoms with Gasteiger partial charge >= 0.3 is 0 Å². The minimum absolute atomic E-state index is 0.104. The van der Waals surface area contributed by atoms with E-state index < -0.39 is 0 Å². The fourth-order valence-electron chi connectivity index (χ4n) is 0.980. The summed E-state index contributed by atoms with van der Waals surface area (Å²) in [6, 6.07) is 3.02. The summed E-state index contributed by atoms with van der Waals surface area (Å²) < 4.78 is 0.477. The lowest BCUT2D eigenvalue weighted by Crippen LogP contribution is -1.96. The van der Waals surface area contributed by atoms with Crippen LogP contribution in [0.2, 0.25) is 0 Å². The number of carbonyl (C=O) groups excluding carboxylic acids is 2. The van der Waals surface area contributed by atoms with Gasteiger partial charge in [-0.15, -0.1) is 0 Å². The van der Waals surface area contributed by atoms with Crippen LogP contribution in [0, 0.1) is 0 Å². The van der Waals surface area contributed by atoms with Gasteiger partial charge in [0.2, 0.25) is 0 Å². The maximum absolute atomic E-state index is 11.0. The number of hydrogen-bond acceptors (Lipinski definition) is 3. The lowest BCUT2D eigenvalue weighted by Gasteiger charge is -2.04. The van der Waals surface area contributed by atoms with Crippen LogP contribution in [0.1, 0.15) is 27.6 Å². The Balaban J connectivity index is 3.44. The fourth-order valence-corrected chi connectivity index (χ4v) is 1.39. The average Bonchev–Trinajstić information content (AvgIpc) is 2.04. The van der Waals surface area contributed by atoms with E-state index in [1.165, 1.54) is 13.0 Å². The molecule has 1 aromatic rings. The first-order valence-corrected chi connectivity index (χ1v) is 4.34. The average molecular weight is 243 g/mol. The third-order valence-electron chi connectivity index (χ3n) is 1.66. The first-order chi connectivity index (χ1) is 6.07. The Morgan fingerprint density at radius 3 is 2.62 bits per heavy atom. The second kappa shape index (κ2) is 3.70. The summed E-state index contributed by atoms with van der Waals surface area (Å²) in [5.41, 5.74) is 0.262. The van der Waals surface area contributed by atoms with E-state index in [4.69, 9.17) is 0 Å². The van der Waals surface area contributed by atoms with Gasteiger partial charge in [-0.3, -0.25) is 9.59 Å². The molecule has 0 bridgehead atoms. The number of phenolic OH excluding ortho intramolecular Hbond substituents is 1. The highest BCUT2D eigenvalue weighted by Crippen LogP contribution is 2.28. The molecule has 1 rings (SSSR count). The molecule has 0 radical (unpaired) electrons. The van der Waals surface area contributed by atoms with Crippen molar-refractivity contribution in [3.05, 3.63) is 27.7 Å². The van der Waals surface area contributed by atoms with Crippen LogP contribution in [-0.4, -0.2) is 17.2 Å². The predicted molar refractivity (Wildman–Crippen MR) is 51.2 cm³/mol. The van der Waals surface area contributed by atoms with Gasteiger partial charge in [0.25, 0.3) is 0 Å². The van der Waals surface area contributed by atoms with Gasteiger partial charge in [-0.05, 0) is 35.0 Å². The molecule has 0 aromatic heterocycles. The molecule has 0 atom stereocenters. The van der Waals surface area contributed by atoms with E-state index in [2.05, 4.69) is 15.9 Å².